The number of likely N-dealkylation sites (tertiary alicyclic amines) is 2. The second-order valence-electron chi connectivity index (χ2n) is 14.8. The van der Waals surface area contributed by atoms with E-state index in [1.54, 1.807) is 4.90 Å². The normalized spacial score (nSPS) is 15.0. The van der Waals surface area contributed by atoms with Crippen LogP contribution in [0.25, 0.3) is 0 Å². The molecule has 0 unspecified atom stereocenters. The molecule has 2 aromatic carbocycles. The number of rotatable bonds is 20. The van der Waals surface area contributed by atoms with Gasteiger partial charge in [-0.1, -0.05) is 99.2 Å². The molecule has 0 saturated carbocycles. The van der Waals surface area contributed by atoms with E-state index in [4.69, 9.17) is 0 Å². The minimum atomic E-state index is -0.331. The van der Waals surface area contributed by atoms with Crippen LogP contribution in [0.2, 0.25) is 0 Å². The Labute approximate surface area is 332 Å². The summed E-state index contributed by atoms with van der Waals surface area (Å²) in [5.41, 5.74) is 2.19. The molecule has 0 atom stereocenters. The Morgan fingerprint density at radius 2 is 1.04 bits per heavy atom. The molecule has 56 heavy (non-hydrogen) atoms. The van der Waals surface area contributed by atoms with Crippen molar-refractivity contribution in [3.63, 3.8) is 0 Å². The monoisotopic (exact) mass is 770 g/mol. The number of nitrogens with one attached hydrogen (secondary N) is 3. The van der Waals surface area contributed by atoms with Gasteiger partial charge in [-0.25, -0.2) is 9.59 Å². The van der Waals surface area contributed by atoms with Crippen LogP contribution >= 0.6 is 0 Å². The summed E-state index contributed by atoms with van der Waals surface area (Å²) in [6.07, 6.45) is 15.4. The highest BCUT2D eigenvalue weighted by Crippen LogP contribution is 2.23. The maximum atomic E-state index is 13.4. The molecule has 0 aromatic heterocycles. The Kier molecular flexibility index (Phi) is 19.7. The lowest BCUT2D eigenvalue weighted by atomic mass is 9.91. The average Bonchev–Trinajstić information content (AvgIpc) is 3.58. The van der Waals surface area contributed by atoms with E-state index in [2.05, 4.69) is 16.0 Å². The molecule has 0 aliphatic carbocycles. The lowest BCUT2D eigenvalue weighted by Gasteiger charge is -2.22. The van der Waals surface area contributed by atoms with Gasteiger partial charge in [0.2, 0.25) is 23.6 Å². The van der Waals surface area contributed by atoms with Crippen LogP contribution in [0, 0.1) is 0 Å². The maximum absolute atomic E-state index is 13.4. The van der Waals surface area contributed by atoms with Crippen molar-refractivity contribution in [2.45, 2.75) is 109 Å². The lowest BCUT2D eigenvalue weighted by Crippen LogP contribution is -2.43. The van der Waals surface area contributed by atoms with Gasteiger partial charge in [0.1, 0.15) is 0 Å². The van der Waals surface area contributed by atoms with Crippen molar-refractivity contribution >= 4 is 35.7 Å². The number of imide groups is 2. The lowest BCUT2D eigenvalue weighted by molar-refractivity contribution is -0.128. The van der Waals surface area contributed by atoms with Gasteiger partial charge in [0.05, 0.1) is 0 Å². The van der Waals surface area contributed by atoms with E-state index in [0.29, 0.717) is 58.7 Å². The highest BCUT2D eigenvalue weighted by molar-refractivity contribution is 5.97. The third kappa shape index (κ3) is 15.6. The maximum Gasteiger partial charge on any atom is 0.324 e. The summed E-state index contributed by atoms with van der Waals surface area (Å²) in [5.74, 6) is -0.785. The van der Waals surface area contributed by atoms with Gasteiger partial charge >= 0.3 is 12.1 Å². The van der Waals surface area contributed by atoms with E-state index in [9.17, 15) is 28.8 Å². The molecule has 12 heteroatoms. The number of carbonyl (C=O) groups is 6. The summed E-state index contributed by atoms with van der Waals surface area (Å²) in [6.45, 7) is 3.42. The molecule has 2 heterocycles. The van der Waals surface area contributed by atoms with E-state index in [1.165, 1.54) is 22.0 Å². The van der Waals surface area contributed by atoms with Crippen LogP contribution in [0.15, 0.2) is 72.8 Å². The van der Waals surface area contributed by atoms with Crippen LogP contribution in [0.4, 0.5) is 9.59 Å². The van der Waals surface area contributed by atoms with Gasteiger partial charge in [0.15, 0.2) is 0 Å². The third-order valence-electron chi connectivity index (χ3n) is 10.5. The molecule has 12 nitrogen and oxygen atoms in total. The molecule has 0 radical (unpaired) electrons. The van der Waals surface area contributed by atoms with Gasteiger partial charge in [-0.3, -0.25) is 29.0 Å². The summed E-state index contributed by atoms with van der Waals surface area (Å²) in [7, 11) is 0. The fourth-order valence-electron chi connectivity index (χ4n) is 7.18. The van der Waals surface area contributed by atoms with Crippen LogP contribution in [0.5, 0.6) is 0 Å². The first-order valence-electron chi connectivity index (χ1n) is 20.8. The minimum absolute atomic E-state index is 0.0304. The standard InChI is InChI=1S/C44H62N6O6/c51-39(47-35-38(36-21-9-5-10-22-36)37-23-11-6-12-24-37)27-28-40(52)48(31-17-3-1-15-29-45-43(55)49-33-19-7-13-25-41(49)53)32-18-4-2-16-30-46-44(56)50-34-20-8-14-26-42(50)54/h5-6,9-12,21-24,27-28,38H,1-4,7-8,13-20,25-26,29-35H2,(H,45,55)(H,46,56)(H,47,51)/b28-27+. The largest absolute Gasteiger partial charge is 0.352 e. The predicted octanol–water partition coefficient (Wildman–Crippen LogP) is 6.66. The van der Waals surface area contributed by atoms with E-state index in [0.717, 1.165) is 101 Å². The van der Waals surface area contributed by atoms with Gasteiger partial charge in [-0.05, 0) is 62.5 Å². The van der Waals surface area contributed by atoms with Gasteiger partial charge < -0.3 is 20.9 Å². The summed E-state index contributed by atoms with van der Waals surface area (Å²) in [6, 6.07) is 19.4. The van der Waals surface area contributed by atoms with E-state index in [1.807, 2.05) is 60.7 Å². The Bertz CT molecular complexity index is 1470. The molecule has 4 rings (SSSR count). The van der Waals surface area contributed by atoms with Crippen LogP contribution < -0.4 is 16.0 Å². The van der Waals surface area contributed by atoms with Gasteiger partial charge in [0, 0.05) is 76.7 Å². The first-order chi connectivity index (χ1) is 27.3. The summed E-state index contributed by atoms with van der Waals surface area (Å²) >= 11 is 0. The molecule has 2 aliphatic rings. The van der Waals surface area contributed by atoms with E-state index >= 15 is 0 Å². The zero-order chi connectivity index (χ0) is 39.8. The van der Waals surface area contributed by atoms with Crippen LogP contribution in [0.1, 0.15) is 120 Å². The Balaban J connectivity index is 1.22. The number of benzene rings is 2. The SMILES string of the molecule is O=C(/C=C/C(=O)N(CCCCCCNC(=O)N1CCCCCC1=O)CCCCCCNC(=O)N1CCCCCC1=O)NCC(c1ccccc1)c1ccccc1. The quantitative estimate of drug-likeness (QED) is 0.101. The van der Waals surface area contributed by atoms with Crippen molar-refractivity contribution in [1.82, 2.24) is 30.7 Å². The molecule has 8 amide bonds. The van der Waals surface area contributed by atoms with Gasteiger partial charge in [-0.2, -0.15) is 0 Å². The fraction of sp³-hybridized carbons (Fsp3) is 0.545. The number of amides is 8. The second kappa shape index (κ2) is 25.2. The van der Waals surface area contributed by atoms with Crippen molar-refractivity contribution in [1.29, 1.82) is 0 Å². The second-order valence-corrected chi connectivity index (χ2v) is 14.8. The van der Waals surface area contributed by atoms with Gasteiger partial charge in [0.25, 0.3) is 0 Å². The first kappa shape index (κ1) is 43.7. The molecule has 2 saturated heterocycles. The molecule has 3 N–H and O–H groups in total. The highest BCUT2D eigenvalue weighted by atomic mass is 16.2. The van der Waals surface area contributed by atoms with Crippen molar-refractivity contribution < 1.29 is 28.8 Å². The number of carbonyl (C=O) groups excluding carboxylic acids is 6. The Morgan fingerprint density at radius 1 is 0.571 bits per heavy atom. The first-order valence-corrected chi connectivity index (χ1v) is 20.8. The zero-order valence-electron chi connectivity index (χ0n) is 33.1. The predicted molar refractivity (Wildman–Crippen MR) is 218 cm³/mol. The van der Waals surface area contributed by atoms with Crippen molar-refractivity contribution in [2.24, 2.45) is 0 Å². The number of unbranched alkanes of at least 4 members (excludes halogenated alkanes) is 6. The van der Waals surface area contributed by atoms with Crippen LogP contribution in [0.3, 0.4) is 0 Å². The number of nitrogens with zero attached hydrogens (tertiary/aromatic N) is 3. The van der Waals surface area contributed by atoms with Gasteiger partial charge in [-0.15, -0.1) is 0 Å². The average molecular weight is 771 g/mol. The number of urea groups is 2. The summed E-state index contributed by atoms with van der Waals surface area (Å²) in [4.78, 5) is 80.3. The Morgan fingerprint density at radius 3 is 1.52 bits per heavy atom. The van der Waals surface area contributed by atoms with Crippen molar-refractivity contribution in [3.05, 3.63) is 83.9 Å². The molecule has 0 spiro atoms. The number of hydrogen-bond donors (Lipinski definition) is 3. The van der Waals surface area contributed by atoms with Crippen LogP contribution in [-0.2, 0) is 19.2 Å². The smallest absolute Gasteiger partial charge is 0.324 e. The Hall–Kier alpha value is -5.00. The summed E-state index contributed by atoms with van der Waals surface area (Å²) in [5, 5.41) is 8.75. The molecule has 2 fully saturated rings. The molecular formula is C44H62N6O6. The number of hydrogen-bond acceptors (Lipinski definition) is 6. The third-order valence-corrected chi connectivity index (χ3v) is 10.5. The molecule has 304 valence electrons. The summed E-state index contributed by atoms with van der Waals surface area (Å²) < 4.78 is 0. The van der Waals surface area contributed by atoms with E-state index in [-0.39, 0.29) is 41.6 Å². The highest BCUT2D eigenvalue weighted by Gasteiger charge is 2.24. The molecular weight excluding hydrogens is 709 g/mol. The molecule has 2 aromatic rings. The topological polar surface area (TPSA) is 148 Å². The minimum Gasteiger partial charge on any atom is -0.352 e. The zero-order valence-corrected chi connectivity index (χ0v) is 33.1. The fourth-order valence-corrected chi connectivity index (χ4v) is 7.18. The van der Waals surface area contributed by atoms with Crippen molar-refractivity contribution in [3.8, 4) is 0 Å². The van der Waals surface area contributed by atoms with Crippen LogP contribution in [-0.4, -0.2) is 96.2 Å². The van der Waals surface area contributed by atoms with Crippen molar-refractivity contribution in [2.75, 3.05) is 45.8 Å². The molecule has 2 aliphatic heterocycles. The van der Waals surface area contributed by atoms with E-state index < -0.39 is 0 Å². The molecule has 0 bridgehead atoms.